The van der Waals surface area contributed by atoms with Crippen LogP contribution in [0.2, 0.25) is 5.15 Å². The van der Waals surface area contributed by atoms with E-state index in [0.29, 0.717) is 16.8 Å². The number of hydrogen-bond donors (Lipinski definition) is 1. The summed E-state index contributed by atoms with van der Waals surface area (Å²) in [4.78, 5) is 16.7. The molecule has 1 heterocycles. The van der Waals surface area contributed by atoms with Gasteiger partial charge in [0.1, 0.15) is 10.9 Å². The van der Waals surface area contributed by atoms with Crippen LogP contribution in [0.4, 0.5) is 0 Å². The first-order valence-electron chi connectivity index (χ1n) is 8.17. The molecule has 0 saturated carbocycles. The number of methoxy groups -OCH3 is 2. The minimum Gasteiger partial charge on any atom is -0.497 e. The molecule has 1 N–H and O–H groups in total. The fraction of sp³-hybridized carbons (Fsp3) is 0.150. The predicted octanol–water partition coefficient (Wildman–Crippen LogP) is 3.73. The number of pyridine rings is 1. The number of hydrogen-bond acceptors (Lipinski definition) is 5. The van der Waals surface area contributed by atoms with E-state index in [1.807, 2.05) is 48.5 Å². The molecule has 27 heavy (non-hydrogen) atoms. The third kappa shape index (κ3) is 4.42. The number of ether oxygens (including phenoxy) is 2. The van der Waals surface area contributed by atoms with Gasteiger partial charge in [0.15, 0.2) is 6.10 Å². The van der Waals surface area contributed by atoms with Gasteiger partial charge in [0.2, 0.25) is 0 Å². The van der Waals surface area contributed by atoms with E-state index in [4.69, 9.17) is 21.1 Å². The Labute approximate surface area is 161 Å². The van der Waals surface area contributed by atoms with E-state index in [-0.39, 0.29) is 11.1 Å². The molecule has 0 unspecified atom stereocenters. The second-order valence-electron chi connectivity index (χ2n) is 5.69. The number of hydrazone groups is 1. The third-order valence-electron chi connectivity index (χ3n) is 3.96. The van der Waals surface area contributed by atoms with Crippen LogP contribution in [0.3, 0.4) is 0 Å². The van der Waals surface area contributed by atoms with Crippen LogP contribution in [-0.2, 0) is 9.53 Å². The molecule has 138 valence electrons. The number of carbonyl (C=O) groups excluding carboxylic acids is 1. The average molecular weight is 384 g/mol. The minimum absolute atomic E-state index is 0.278. The normalized spacial score (nSPS) is 12.3. The maximum atomic E-state index is 12.3. The number of nitrogens with zero attached hydrogens (tertiary/aromatic N) is 2. The number of aromatic nitrogens is 1. The van der Waals surface area contributed by atoms with E-state index in [1.54, 1.807) is 13.2 Å². The van der Waals surface area contributed by atoms with Gasteiger partial charge in [-0.25, -0.2) is 10.4 Å². The molecule has 1 aromatic heterocycles. The Morgan fingerprint density at radius 1 is 1.19 bits per heavy atom. The number of carbonyl (C=O) groups is 1. The highest BCUT2D eigenvalue weighted by atomic mass is 35.5. The van der Waals surface area contributed by atoms with Gasteiger partial charge in [0.05, 0.1) is 18.8 Å². The summed E-state index contributed by atoms with van der Waals surface area (Å²) >= 11 is 6.22. The molecule has 1 atom stereocenters. The molecule has 3 aromatic rings. The minimum atomic E-state index is -0.749. The smallest absolute Gasteiger partial charge is 0.273 e. The van der Waals surface area contributed by atoms with Crippen LogP contribution >= 0.6 is 11.6 Å². The highest BCUT2D eigenvalue weighted by Gasteiger charge is 2.19. The van der Waals surface area contributed by atoms with E-state index >= 15 is 0 Å². The van der Waals surface area contributed by atoms with Crippen molar-refractivity contribution in [1.29, 1.82) is 0 Å². The molecular formula is C20H18ClN3O3. The molecule has 0 bridgehead atoms. The van der Waals surface area contributed by atoms with Gasteiger partial charge in [0.25, 0.3) is 5.91 Å². The van der Waals surface area contributed by atoms with E-state index < -0.39 is 6.10 Å². The molecule has 0 aliphatic rings. The maximum absolute atomic E-state index is 12.3. The second kappa shape index (κ2) is 8.62. The molecule has 0 saturated heterocycles. The van der Waals surface area contributed by atoms with Crippen molar-refractivity contribution in [1.82, 2.24) is 10.4 Å². The monoisotopic (exact) mass is 383 g/mol. The Bertz CT molecular complexity index is 977. The van der Waals surface area contributed by atoms with Gasteiger partial charge in [-0.05, 0) is 23.8 Å². The van der Waals surface area contributed by atoms with E-state index in [1.165, 1.54) is 13.3 Å². The summed E-state index contributed by atoms with van der Waals surface area (Å²) in [6.07, 6.45) is 0.704. The first-order chi connectivity index (χ1) is 13.1. The summed E-state index contributed by atoms with van der Waals surface area (Å²) in [5, 5.41) is 5.14. The van der Waals surface area contributed by atoms with Gasteiger partial charge < -0.3 is 9.47 Å². The van der Waals surface area contributed by atoms with E-state index in [2.05, 4.69) is 15.5 Å². The summed E-state index contributed by atoms with van der Waals surface area (Å²) < 4.78 is 10.5. The molecule has 0 fully saturated rings. The number of nitrogens with one attached hydrogen (secondary N) is 1. The number of halogens is 1. The van der Waals surface area contributed by atoms with Crippen LogP contribution < -0.4 is 10.2 Å². The number of rotatable bonds is 6. The van der Waals surface area contributed by atoms with Crippen molar-refractivity contribution in [3.63, 3.8) is 0 Å². The molecule has 0 spiro atoms. The largest absolute Gasteiger partial charge is 0.497 e. The standard InChI is InChI=1S/C20H18ClN3O3/c1-26-16-9-8-14-10-15(19(21)23-17(14)11-16)12-22-24-20(25)18(27-2)13-6-4-3-5-7-13/h3-12,18H,1-2H3,(H,24,25)/b22-12-/t18-/m0/s1. The molecule has 2 aromatic carbocycles. The Morgan fingerprint density at radius 2 is 1.96 bits per heavy atom. The zero-order valence-electron chi connectivity index (χ0n) is 14.8. The lowest BCUT2D eigenvalue weighted by Gasteiger charge is -2.13. The molecule has 6 nitrogen and oxygen atoms in total. The third-order valence-corrected chi connectivity index (χ3v) is 4.26. The number of benzene rings is 2. The lowest BCUT2D eigenvalue weighted by molar-refractivity contribution is -0.131. The highest BCUT2D eigenvalue weighted by Crippen LogP contribution is 2.23. The molecule has 1 amide bonds. The van der Waals surface area contributed by atoms with Crippen molar-refractivity contribution >= 4 is 34.6 Å². The van der Waals surface area contributed by atoms with Crippen molar-refractivity contribution in [2.45, 2.75) is 6.10 Å². The Morgan fingerprint density at radius 3 is 2.67 bits per heavy atom. The summed E-state index contributed by atoms with van der Waals surface area (Å²) in [5.74, 6) is 0.320. The average Bonchev–Trinajstić information content (AvgIpc) is 2.69. The first kappa shape index (κ1) is 18.8. The van der Waals surface area contributed by atoms with Gasteiger partial charge in [-0.1, -0.05) is 41.9 Å². The van der Waals surface area contributed by atoms with Gasteiger partial charge in [0, 0.05) is 24.1 Å². The van der Waals surface area contributed by atoms with Crippen molar-refractivity contribution in [2.75, 3.05) is 14.2 Å². The summed E-state index contributed by atoms with van der Waals surface area (Å²) in [6, 6.07) is 16.5. The highest BCUT2D eigenvalue weighted by molar-refractivity contribution is 6.32. The topological polar surface area (TPSA) is 72.8 Å². The van der Waals surface area contributed by atoms with Crippen molar-refractivity contribution in [3.8, 4) is 5.75 Å². The van der Waals surface area contributed by atoms with Gasteiger partial charge in [-0.3, -0.25) is 4.79 Å². The van der Waals surface area contributed by atoms with Crippen LogP contribution in [0, 0.1) is 0 Å². The predicted molar refractivity (Wildman–Crippen MR) is 105 cm³/mol. The summed E-state index contributed by atoms with van der Waals surface area (Å²) in [5.41, 5.74) is 4.51. The maximum Gasteiger partial charge on any atom is 0.273 e. The van der Waals surface area contributed by atoms with Gasteiger partial charge in [-0.15, -0.1) is 0 Å². The van der Waals surface area contributed by atoms with Crippen LogP contribution in [0.5, 0.6) is 5.75 Å². The van der Waals surface area contributed by atoms with Gasteiger partial charge in [-0.2, -0.15) is 5.10 Å². The van der Waals surface area contributed by atoms with Crippen molar-refractivity contribution in [3.05, 3.63) is 70.9 Å². The zero-order chi connectivity index (χ0) is 19.2. The van der Waals surface area contributed by atoms with Crippen LogP contribution in [0.15, 0.2) is 59.7 Å². The molecule has 3 rings (SSSR count). The summed E-state index contributed by atoms with van der Waals surface area (Å²) in [7, 11) is 3.06. The first-order valence-corrected chi connectivity index (χ1v) is 8.55. The lowest BCUT2D eigenvalue weighted by atomic mass is 10.1. The Balaban J connectivity index is 1.75. The summed E-state index contributed by atoms with van der Waals surface area (Å²) in [6.45, 7) is 0. The van der Waals surface area contributed by atoms with Crippen LogP contribution in [-0.4, -0.2) is 31.3 Å². The lowest BCUT2D eigenvalue weighted by Crippen LogP contribution is -2.26. The number of amides is 1. The molecule has 7 heteroatoms. The van der Waals surface area contributed by atoms with Gasteiger partial charge >= 0.3 is 0 Å². The van der Waals surface area contributed by atoms with Crippen LogP contribution in [0.1, 0.15) is 17.2 Å². The molecule has 0 radical (unpaired) electrons. The van der Waals surface area contributed by atoms with Crippen LogP contribution in [0.25, 0.3) is 10.9 Å². The SMILES string of the molecule is COc1ccc2cc(/C=N\NC(=O)[C@@H](OC)c3ccccc3)c(Cl)nc2c1. The Kier molecular flexibility index (Phi) is 6.01. The number of fused-ring (bicyclic) bond motifs is 1. The fourth-order valence-corrected chi connectivity index (χ4v) is 2.80. The molecule has 0 aliphatic heterocycles. The van der Waals surface area contributed by atoms with E-state index in [9.17, 15) is 4.79 Å². The fourth-order valence-electron chi connectivity index (χ4n) is 2.60. The van der Waals surface area contributed by atoms with Crippen molar-refractivity contribution in [2.24, 2.45) is 5.10 Å². The zero-order valence-corrected chi connectivity index (χ0v) is 15.6. The Hall–Kier alpha value is -2.96. The quantitative estimate of drug-likeness (QED) is 0.400. The molecule has 0 aliphatic carbocycles. The van der Waals surface area contributed by atoms with E-state index in [0.717, 1.165) is 10.9 Å². The van der Waals surface area contributed by atoms with Crippen molar-refractivity contribution < 1.29 is 14.3 Å². The molecular weight excluding hydrogens is 366 g/mol. The second-order valence-corrected chi connectivity index (χ2v) is 6.05.